The van der Waals surface area contributed by atoms with Crippen molar-refractivity contribution in [2.75, 3.05) is 19.8 Å². The largest absolute Gasteiger partial charge is 0.490 e. The van der Waals surface area contributed by atoms with Crippen molar-refractivity contribution in [2.24, 2.45) is 0 Å². The number of carboxylic acids is 1. The third kappa shape index (κ3) is 5.60. The van der Waals surface area contributed by atoms with E-state index in [2.05, 4.69) is 5.32 Å². The van der Waals surface area contributed by atoms with Crippen LogP contribution in [0.2, 0.25) is 0 Å². The summed E-state index contributed by atoms with van der Waals surface area (Å²) in [7, 11) is 0. The molecule has 12 heteroatoms. The standard InChI is InChI=1S/C22H19NO6.C2HF3O2/c24-21-15-5-4-14(29-22(25)17-2-1-7-23-17)11-19(15)28-12-16(21)13-3-6-18-20(10-13)27-9-8-26-18;3-2(4,5)1(6)7/h3-6,10-12,17,23H,1-2,7-9H2;(H,6,7)/t17-;/m0./s1. The van der Waals surface area contributed by atoms with Crippen LogP contribution in [0.3, 0.4) is 0 Å². The van der Waals surface area contributed by atoms with Gasteiger partial charge in [-0.15, -0.1) is 0 Å². The van der Waals surface area contributed by atoms with Crippen molar-refractivity contribution in [3.05, 3.63) is 52.9 Å². The minimum Gasteiger partial charge on any atom is -0.486 e. The third-order valence-electron chi connectivity index (χ3n) is 5.41. The van der Waals surface area contributed by atoms with Gasteiger partial charge in [-0.25, -0.2) is 9.59 Å². The van der Waals surface area contributed by atoms with Crippen LogP contribution >= 0.6 is 0 Å². The number of fused-ring (bicyclic) bond motifs is 2. The number of carbonyl (C=O) groups excluding carboxylic acids is 1. The number of carboxylic acid groups (broad SMARTS) is 1. The third-order valence-corrected chi connectivity index (χ3v) is 5.41. The molecular formula is C24H20F3NO8. The van der Waals surface area contributed by atoms with Crippen molar-refractivity contribution in [3.63, 3.8) is 0 Å². The number of ether oxygens (including phenoxy) is 3. The summed E-state index contributed by atoms with van der Waals surface area (Å²) in [5.74, 6) is -1.46. The van der Waals surface area contributed by atoms with Crippen LogP contribution in [0.5, 0.6) is 17.2 Å². The van der Waals surface area contributed by atoms with Crippen molar-refractivity contribution in [1.82, 2.24) is 5.32 Å². The number of aliphatic carboxylic acids is 1. The van der Waals surface area contributed by atoms with Crippen molar-refractivity contribution < 1.29 is 46.5 Å². The SMILES string of the molecule is O=C(O)C(F)(F)F.O=C(Oc1ccc2c(=O)c(-c3ccc4c(c3)OCCO4)coc2c1)[C@@H]1CCCN1. The fourth-order valence-electron chi connectivity index (χ4n) is 3.66. The van der Waals surface area contributed by atoms with Crippen LogP contribution in [0.1, 0.15) is 12.8 Å². The highest BCUT2D eigenvalue weighted by molar-refractivity contribution is 5.84. The topological polar surface area (TPSA) is 124 Å². The van der Waals surface area contributed by atoms with Crippen molar-refractivity contribution in [2.45, 2.75) is 25.1 Å². The lowest BCUT2D eigenvalue weighted by molar-refractivity contribution is -0.192. The van der Waals surface area contributed by atoms with Gasteiger partial charge in [0.1, 0.15) is 36.9 Å². The zero-order chi connectivity index (χ0) is 25.9. The van der Waals surface area contributed by atoms with Gasteiger partial charge in [0.25, 0.3) is 0 Å². The fraction of sp³-hybridized carbons (Fsp3) is 0.292. The second-order valence-electron chi connectivity index (χ2n) is 7.87. The lowest BCUT2D eigenvalue weighted by atomic mass is 10.0. The maximum absolute atomic E-state index is 13.0. The summed E-state index contributed by atoms with van der Waals surface area (Å²) in [5.41, 5.74) is 1.31. The molecule has 0 saturated carbocycles. The highest BCUT2D eigenvalue weighted by Crippen LogP contribution is 2.34. The van der Waals surface area contributed by atoms with Crippen LogP contribution in [0.15, 0.2) is 51.9 Å². The molecule has 5 rings (SSSR count). The van der Waals surface area contributed by atoms with Crippen LogP contribution in [0.4, 0.5) is 13.2 Å². The van der Waals surface area contributed by atoms with Gasteiger partial charge in [-0.05, 0) is 49.2 Å². The molecule has 0 radical (unpaired) electrons. The monoisotopic (exact) mass is 507 g/mol. The van der Waals surface area contributed by atoms with Gasteiger partial charge in [-0.1, -0.05) is 6.07 Å². The minimum atomic E-state index is -5.08. The molecule has 3 aromatic rings. The Kier molecular flexibility index (Phi) is 7.15. The van der Waals surface area contributed by atoms with Gasteiger partial charge in [-0.2, -0.15) is 13.2 Å². The van der Waals surface area contributed by atoms with E-state index in [1.807, 2.05) is 0 Å². The van der Waals surface area contributed by atoms with E-state index >= 15 is 0 Å². The predicted molar refractivity (Wildman–Crippen MR) is 119 cm³/mol. The van der Waals surface area contributed by atoms with Gasteiger partial charge in [0.2, 0.25) is 0 Å². The maximum atomic E-state index is 13.0. The minimum absolute atomic E-state index is 0.168. The molecule has 0 unspecified atom stereocenters. The van der Waals surface area contributed by atoms with Crippen LogP contribution in [-0.4, -0.2) is 49.0 Å². The summed E-state index contributed by atoms with van der Waals surface area (Å²) in [6.45, 7) is 1.80. The van der Waals surface area contributed by atoms with Crippen LogP contribution in [-0.2, 0) is 9.59 Å². The van der Waals surface area contributed by atoms with Crippen LogP contribution in [0, 0.1) is 0 Å². The number of hydrogen-bond donors (Lipinski definition) is 2. The molecule has 2 aliphatic heterocycles. The molecule has 3 heterocycles. The van der Waals surface area contributed by atoms with Gasteiger partial charge in [-0.3, -0.25) is 4.79 Å². The Bertz CT molecular complexity index is 1350. The second-order valence-corrected chi connectivity index (χ2v) is 7.87. The van der Waals surface area contributed by atoms with Gasteiger partial charge < -0.3 is 29.1 Å². The van der Waals surface area contributed by atoms with E-state index in [1.54, 1.807) is 36.4 Å². The molecule has 36 heavy (non-hydrogen) atoms. The quantitative estimate of drug-likeness (QED) is 0.405. The Labute approximate surface area is 201 Å². The van der Waals surface area contributed by atoms with Gasteiger partial charge in [0, 0.05) is 6.07 Å². The van der Waals surface area contributed by atoms with E-state index in [0.29, 0.717) is 52.6 Å². The number of hydrogen-bond acceptors (Lipinski definition) is 8. The van der Waals surface area contributed by atoms with Crippen molar-refractivity contribution >= 4 is 22.9 Å². The highest BCUT2D eigenvalue weighted by atomic mass is 19.4. The summed E-state index contributed by atoms with van der Waals surface area (Å²) in [4.78, 5) is 34.1. The first-order chi connectivity index (χ1) is 17.1. The molecule has 190 valence electrons. The van der Waals surface area contributed by atoms with Gasteiger partial charge in [0.15, 0.2) is 16.9 Å². The molecule has 0 bridgehead atoms. The van der Waals surface area contributed by atoms with E-state index in [0.717, 1.165) is 19.4 Å². The average Bonchev–Trinajstić information content (AvgIpc) is 3.39. The number of carbonyl (C=O) groups is 2. The molecule has 0 spiro atoms. The Morgan fingerprint density at radius 1 is 1.06 bits per heavy atom. The molecule has 1 saturated heterocycles. The smallest absolute Gasteiger partial charge is 0.486 e. The Hall–Kier alpha value is -4.06. The molecule has 0 amide bonds. The zero-order valence-electron chi connectivity index (χ0n) is 18.6. The first-order valence-electron chi connectivity index (χ1n) is 10.8. The second kappa shape index (κ2) is 10.3. The number of alkyl halides is 3. The first kappa shape index (κ1) is 25.0. The molecule has 9 nitrogen and oxygen atoms in total. The van der Waals surface area contributed by atoms with Gasteiger partial charge >= 0.3 is 18.1 Å². The zero-order valence-corrected chi connectivity index (χ0v) is 18.6. The Morgan fingerprint density at radius 3 is 2.44 bits per heavy atom. The Balaban J connectivity index is 0.000000384. The molecule has 1 aromatic heterocycles. The number of nitrogens with one attached hydrogen (secondary N) is 1. The average molecular weight is 507 g/mol. The molecule has 2 aliphatic rings. The number of esters is 1. The summed E-state index contributed by atoms with van der Waals surface area (Å²) >= 11 is 0. The molecular weight excluding hydrogens is 487 g/mol. The normalized spacial score (nSPS) is 16.7. The number of halogens is 3. The van der Waals surface area contributed by atoms with E-state index in [9.17, 15) is 22.8 Å². The van der Waals surface area contributed by atoms with E-state index in [-0.39, 0.29) is 17.4 Å². The summed E-state index contributed by atoms with van der Waals surface area (Å²) in [6.07, 6.45) is -1.95. The van der Waals surface area contributed by atoms with Crippen molar-refractivity contribution in [1.29, 1.82) is 0 Å². The van der Waals surface area contributed by atoms with Crippen LogP contribution in [0.25, 0.3) is 22.1 Å². The van der Waals surface area contributed by atoms with Crippen molar-refractivity contribution in [3.8, 4) is 28.4 Å². The van der Waals surface area contributed by atoms with Gasteiger partial charge in [0.05, 0.1) is 10.9 Å². The summed E-state index contributed by atoms with van der Waals surface area (Å²) in [6, 6.07) is 9.88. The molecule has 1 fully saturated rings. The lowest BCUT2D eigenvalue weighted by Gasteiger charge is -2.18. The maximum Gasteiger partial charge on any atom is 0.490 e. The Morgan fingerprint density at radius 2 is 1.78 bits per heavy atom. The van der Waals surface area contributed by atoms with E-state index < -0.39 is 12.1 Å². The first-order valence-corrected chi connectivity index (χ1v) is 10.8. The van der Waals surface area contributed by atoms with E-state index in [1.165, 1.54) is 6.26 Å². The molecule has 1 atom stereocenters. The number of benzene rings is 2. The predicted octanol–water partition coefficient (Wildman–Crippen LogP) is 3.52. The molecule has 2 N–H and O–H groups in total. The number of rotatable bonds is 3. The van der Waals surface area contributed by atoms with Crippen LogP contribution < -0.4 is 25.0 Å². The molecule has 2 aromatic carbocycles. The summed E-state index contributed by atoms with van der Waals surface area (Å²) < 4.78 is 54.0. The molecule has 0 aliphatic carbocycles. The van der Waals surface area contributed by atoms with E-state index in [4.69, 9.17) is 28.5 Å². The summed E-state index contributed by atoms with van der Waals surface area (Å²) in [5, 5.41) is 10.6. The fourth-order valence-corrected chi connectivity index (χ4v) is 3.66. The lowest BCUT2D eigenvalue weighted by Crippen LogP contribution is -2.34. The highest BCUT2D eigenvalue weighted by Gasteiger charge is 2.38.